The van der Waals surface area contributed by atoms with Crippen molar-refractivity contribution in [2.45, 2.75) is 13.0 Å². The Bertz CT molecular complexity index is 653. The van der Waals surface area contributed by atoms with Crippen molar-refractivity contribution >= 4 is 27.6 Å². The maximum Gasteiger partial charge on any atom is 0.307 e. The first kappa shape index (κ1) is 15.3. The van der Waals surface area contributed by atoms with E-state index in [0.717, 1.165) is 5.56 Å². The number of hydrogen-bond donors (Lipinski definition) is 2. The number of hydrogen-bond acceptors (Lipinski definition) is 3. The number of rotatable bonds is 5. The van der Waals surface area contributed by atoms with Crippen LogP contribution in [0.2, 0.25) is 0 Å². The molecule has 21 heavy (non-hydrogen) atoms. The average Bonchev–Trinajstić information content (AvgIpc) is 2.38. The zero-order valence-electron chi connectivity index (χ0n) is 11.0. The molecule has 0 amide bonds. The Morgan fingerprint density at radius 2 is 1.95 bits per heavy atom. The molecule has 0 heterocycles. The first-order valence-corrected chi connectivity index (χ1v) is 6.92. The minimum atomic E-state index is -0.912. The van der Waals surface area contributed by atoms with Crippen LogP contribution in [0.15, 0.2) is 40.9 Å². The van der Waals surface area contributed by atoms with E-state index in [2.05, 4.69) is 15.9 Å². The average molecular weight is 354 g/mol. The van der Waals surface area contributed by atoms with Crippen molar-refractivity contribution in [3.8, 4) is 5.75 Å². The molecule has 0 saturated carbocycles. The monoisotopic (exact) mass is 353 g/mol. The van der Waals surface area contributed by atoms with Gasteiger partial charge in [0.2, 0.25) is 0 Å². The Balaban J connectivity index is 2.19. The van der Waals surface area contributed by atoms with Gasteiger partial charge in [-0.05, 0) is 33.1 Å². The van der Waals surface area contributed by atoms with Crippen LogP contribution in [0.1, 0.15) is 11.1 Å². The molecule has 0 aliphatic heterocycles. The van der Waals surface area contributed by atoms with E-state index in [9.17, 15) is 9.18 Å². The van der Waals surface area contributed by atoms with Gasteiger partial charge in [-0.3, -0.25) is 4.79 Å². The highest BCUT2D eigenvalue weighted by atomic mass is 79.9. The van der Waals surface area contributed by atoms with Crippen LogP contribution < -0.4 is 10.5 Å². The second-order valence-corrected chi connectivity index (χ2v) is 5.29. The van der Waals surface area contributed by atoms with Crippen LogP contribution in [0.4, 0.5) is 10.1 Å². The number of carboxylic acid groups (broad SMARTS) is 1. The van der Waals surface area contributed by atoms with E-state index >= 15 is 0 Å². The standard InChI is InChI=1S/C15H13BrFNO3/c16-12-6-11(17)7-13(18)15(12)21-8-10-4-2-1-3-9(10)5-14(19)20/h1-4,6-7H,5,8,18H2,(H,19,20). The van der Waals surface area contributed by atoms with E-state index in [4.69, 9.17) is 15.6 Å². The van der Waals surface area contributed by atoms with E-state index in [1.165, 1.54) is 12.1 Å². The highest BCUT2D eigenvalue weighted by Crippen LogP contribution is 2.33. The van der Waals surface area contributed by atoms with Gasteiger partial charge in [0.25, 0.3) is 0 Å². The Kier molecular flexibility index (Phi) is 4.80. The molecule has 2 aromatic carbocycles. The van der Waals surface area contributed by atoms with Gasteiger partial charge < -0.3 is 15.6 Å². The smallest absolute Gasteiger partial charge is 0.307 e. The topological polar surface area (TPSA) is 72.5 Å². The lowest BCUT2D eigenvalue weighted by molar-refractivity contribution is -0.136. The van der Waals surface area contributed by atoms with E-state index in [0.29, 0.717) is 15.8 Å². The molecule has 0 bridgehead atoms. The maximum atomic E-state index is 13.1. The minimum Gasteiger partial charge on any atom is -0.486 e. The zero-order chi connectivity index (χ0) is 15.4. The molecular weight excluding hydrogens is 341 g/mol. The van der Waals surface area contributed by atoms with Crippen molar-refractivity contribution in [1.82, 2.24) is 0 Å². The van der Waals surface area contributed by atoms with Crippen molar-refractivity contribution in [3.05, 3.63) is 57.8 Å². The van der Waals surface area contributed by atoms with Gasteiger partial charge in [-0.1, -0.05) is 24.3 Å². The Hall–Kier alpha value is -2.08. The van der Waals surface area contributed by atoms with E-state index < -0.39 is 11.8 Å². The third kappa shape index (κ3) is 3.95. The molecule has 0 aliphatic rings. The lowest BCUT2D eigenvalue weighted by Gasteiger charge is -2.13. The third-order valence-corrected chi connectivity index (χ3v) is 3.46. The van der Waals surface area contributed by atoms with Gasteiger partial charge in [-0.15, -0.1) is 0 Å². The quantitative estimate of drug-likeness (QED) is 0.808. The van der Waals surface area contributed by atoms with Crippen LogP contribution in [0, 0.1) is 5.82 Å². The number of benzene rings is 2. The molecule has 6 heteroatoms. The summed E-state index contributed by atoms with van der Waals surface area (Å²) in [5, 5.41) is 8.89. The van der Waals surface area contributed by atoms with Crippen LogP contribution in [-0.4, -0.2) is 11.1 Å². The largest absolute Gasteiger partial charge is 0.486 e. The molecule has 0 atom stereocenters. The summed E-state index contributed by atoms with van der Waals surface area (Å²) >= 11 is 3.19. The fraction of sp³-hybridized carbons (Fsp3) is 0.133. The van der Waals surface area contributed by atoms with Crippen LogP contribution in [-0.2, 0) is 17.8 Å². The summed E-state index contributed by atoms with van der Waals surface area (Å²) < 4.78 is 19.2. The summed E-state index contributed by atoms with van der Waals surface area (Å²) in [6.45, 7) is 0.151. The molecule has 0 saturated heterocycles. The maximum absolute atomic E-state index is 13.1. The van der Waals surface area contributed by atoms with Gasteiger partial charge >= 0.3 is 5.97 Å². The number of carboxylic acids is 1. The molecule has 0 aliphatic carbocycles. The van der Waals surface area contributed by atoms with Gasteiger partial charge in [-0.25, -0.2) is 4.39 Å². The van der Waals surface area contributed by atoms with Gasteiger partial charge in [0.1, 0.15) is 12.4 Å². The lowest BCUT2D eigenvalue weighted by Crippen LogP contribution is -2.06. The van der Waals surface area contributed by atoms with Crippen molar-refractivity contribution in [2.24, 2.45) is 0 Å². The molecule has 4 nitrogen and oxygen atoms in total. The Labute approximate surface area is 129 Å². The van der Waals surface area contributed by atoms with Crippen LogP contribution in [0.3, 0.4) is 0 Å². The van der Waals surface area contributed by atoms with E-state index in [1.54, 1.807) is 24.3 Å². The van der Waals surface area contributed by atoms with Crippen molar-refractivity contribution in [1.29, 1.82) is 0 Å². The highest BCUT2D eigenvalue weighted by molar-refractivity contribution is 9.10. The molecule has 3 N–H and O–H groups in total. The Morgan fingerprint density at radius 1 is 1.29 bits per heavy atom. The molecule has 2 aromatic rings. The predicted octanol–water partition coefficient (Wildman–Crippen LogP) is 3.38. The summed E-state index contributed by atoms with van der Waals surface area (Å²) in [4.78, 5) is 10.8. The van der Waals surface area contributed by atoms with Crippen LogP contribution in [0.25, 0.3) is 0 Å². The number of carbonyl (C=O) groups is 1. The van der Waals surface area contributed by atoms with Crippen LogP contribution >= 0.6 is 15.9 Å². The molecule has 110 valence electrons. The van der Waals surface area contributed by atoms with Crippen molar-refractivity contribution < 1.29 is 19.0 Å². The number of nitrogens with two attached hydrogens (primary N) is 1. The number of aliphatic carboxylic acids is 1. The molecule has 0 fully saturated rings. The van der Waals surface area contributed by atoms with E-state index in [1.807, 2.05) is 0 Å². The SMILES string of the molecule is Nc1cc(F)cc(Br)c1OCc1ccccc1CC(=O)O. The second-order valence-electron chi connectivity index (χ2n) is 4.43. The molecular formula is C15H13BrFNO3. The first-order chi connectivity index (χ1) is 9.97. The van der Waals surface area contributed by atoms with Gasteiger partial charge in [0.05, 0.1) is 16.6 Å². The number of anilines is 1. The second kappa shape index (κ2) is 6.58. The van der Waals surface area contributed by atoms with Gasteiger partial charge in [0.15, 0.2) is 5.75 Å². The number of nitrogen functional groups attached to an aromatic ring is 1. The summed E-state index contributed by atoms with van der Waals surface area (Å²) in [5.41, 5.74) is 7.31. The molecule has 0 spiro atoms. The molecule has 0 unspecified atom stereocenters. The number of halogens is 2. The first-order valence-electron chi connectivity index (χ1n) is 6.13. The Morgan fingerprint density at radius 3 is 2.57 bits per heavy atom. The highest BCUT2D eigenvalue weighted by Gasteiger charge is 2.11. The molecule has 2 rings (SSSR count). The third-order valence-electron chi connectivity index (χ3n) is 2.87. The normalized spacial score (nSPS) is 10.4. The summed E-state index contributed by atoms with van der Waals surface area (Å²) in [6, 6.07) is 9.51. The number of ether oxygens (including phenoxy) is 1. The van der Waals surface area contributed by atoms with E-state index in [-0.39, 0.29) is 18.7 Å². The van der Waals surface area contributed by atoms with Crippen molar-refractivity contribution in [3.63, 3.8) is 0 Å². The lowest BCUT2D eigenvalue weighted by atomic mass is 10.1. The summed E-state index contributed by atoms with van der Waals surface area (Å²) in [5.74, 6) is -1.04. The summed E-state index contributed by atoms with van der Waals surface area (Å²) in [6.07, 6.45) is -0.0837. The minimum absolute atomic E-state index is 0.0837. The van der Waals surface area contributed by atoms with Crippen LogP contribution in [0.5, 0.6) is 5.75 Å². The molecule has 0 radical (unpaired) electrons. The summed E-state index contributed by atoms with van der Waals surface area (Å²) in [7, 11) is 0. The fourth-order valence-electron chi connectivity index (χ4n) is 1.92. The zero-order valence-corrected chi connectivity index (χ0v) is 12.6. The van der Waals surface area contributed by atoms with Gasteiger partial charge in [-0.2, -0.15) is 0 Å². The fourth-order valence-corrected chi connectivity index (χ4v) is 2.48. The predicted molar refractivity (Wildman–Crippen MR) is 80.6 cm³/mol. The van der Waals surface area contributed by atoms with Gasteiger partial charge in [0, 0.05) is 6.07 Å². The molecule has 0 aromatic heterocycles. The van der Waals surface area contributed by atoms with Crippen molar-refractivity contribution in [2.75, 3.05) is 5.73 Å².